The number of nitrogens with zero attached hydrogens (tertiary/aromatic N) is 1. The van der Waals surface area contributed by atoms with Gasteiger partial charge in [0.15, 0.2) is 6.33 Å². The Kier molecular flexibility index (Phi) is 1.08. The molecule has 0 atom stereocenters. The van der Waals surface area contributed by atoms with Crippen molar-refractivity contribution in [1.29, 1.82) is 0 Å². The number of imidazole rings is 1. The summed E-state index contributed by atoms with van der Waals surface area (Å²) in [6, 6.07) is 0. The third-order valence-corrected chi connectivity index (χ3v) is 0.665. The van der Waals surface area contributed by atoms with Gasteiger partial charge in [-0.3, -0.25) is 0 Å². The van der Waals surface area contributed by atoms with Crippen LogP contribution in [0.25, 0.3) is 0 Å². The van der Waals surface area contributed by atoms with Crippen LogP contribution in [0.5, 0.6) is 0 Å². The van der Waals surface area contributed by atoms with E-state index < -0.39 is 0 Å². The van der Waals surface area contributed by atoms with Crippen molar-refractivity contribution < 1.29 is 5.11 Å². The molecule has 0 amide bonds. The molecule has 0 aliphatic heterocycles. The molecule has 2 N–H and O–H groups in total. The molecule has 0 spiro atoms. The van der Waals surface area contributed by atoms with Gasteiger partial charge in [-0.05, 0) is 0 Å². The van der Waals surface area contributed by atoms with Crippen LogP contribution in [-0.2, 0) is 6.61 Å². The van der Waals surface area contributed by atoms with E-state index in [0.29, 0.717) is 5.69 Å². The van der Waals surface area contributed by atoms with Gasteiger partial charge in [-0.2, -0.15) is 0 Å². The van der Waals surface area contributed by atoms with E-state index in [2.05, 4.69) is 16.3 Å². The molecular weight excluding hydrogens is 92.1 g/mol. The maximum Gasteiger partial charge on any atom is 0.173 e. The van der Waals surface area contributed by atoms with E-state index in [1.807, 2.05) is 0 Å². The topological polar surface area (TPSA) is 48.9 Å². The lowest BCUT2D eigenvalue weighted by Gasteiger charge is -1.76. The average Bonchev–Trinajstić information content (AvgIpc) is 2.14. The lowest BCUT2D eigenvalue weighted by atomic mass is 10.5. The summed E-state index contributed by atoms with van der Waals surface area (Å²) in [7, 11) is 0. The highest BCUT2D eigenvalue weighted by atomic mass is 16.3. The lowest BCUT2D eigenvalue weighted by molar-refractivity contribution is 0.277. The van der Waals surface area contributed by atoms with E-state index in [1.54, 1.807) is 6.20 Å². The first kappa shape index (κ1) is 4.33. The summed E-state index contributed by atoms with van der Waals surface area (Å²) < 4.78 is 0. The molecule has 1 aromatic heterocycles. The van der Waals surface area contributed by atoms with Crippen LogP contribution in [0.2, 0.25) is 0 Å². The Balaban J connectivity index is 2.76. The molecule has 7 heavy (non-hydrogen) atoms. The van der Waals surface area contributed by atoms with Gasteiger partial charge in [-0.25, -0.2) is 4.98 Å². The predicted octanol–water partition coefficient (Wildman–Crippen LogP) is -0.298. The number of H-pyrrole nitrogens is 1. The summed E-state index contributed by atoms with van der Waals surface area (Å²) in [6.07, 6.45) is 4.04. The van der Waals surface area contributed by atoms with Crippen LogP contribution >= 0.6 is 0 Å². The number of aromatic nitrogens is 2. The summed E-state index contributed by atoms with van der Waals surface area (Å²) in [5.74, 6) is 0. The Morgan fingerprint density at radius 3 is 3.14 bits per heavy atom. The van der Waals surface area contributed by atoms with Gasteiger partial charge in [0.25, 0.3) is 0 Å². The number of aliphatic hydroxyl groups is 1. The zero-order chi connectivity index (χ0) is 5.11. The first-order valence-corrected chi connectivity index (χ1v) is 1.94. The molecule has 1 radical (unpaired) electrons. The molecule has 1 rings (SSSR count). The minimum Gasteiger partial charge on any atom is -0.390 e. The Hall–Kier alpha value is -0.830. The van der Waals surface area contributed by atoms with Crippen LogP contribution in [-0.4, -0.2) is 15.1 Å². The van der Waals surface area contributed by atoms with E-state index >= 15 is 0 Å². The molecule has 37 valence electrons. The first-order chi connectivity index (χ1) is 3.43. The van der Waals surface area contributed by atoms with Crippen molar-refractivity contribution in [2.24, 2.45) is 0 Å². The van der Waals surface area contributed by atoms with Crippen molar-refractivity contribution in [2.45, 2.75) is 6.61 Å². The number of rotatable bonds is 1. The second-order valence-corrected chi connectivity index (χ2v) is 1.16. The highest BCUT2D eigenvalue weighted by Gasteiger charge is 1.85. The molecule has 0 saturated carbocycles. The minimum absolute atomic E-state index is 0.0139. The predicted molar refractivity (Wildman–Crippen MR) is 23.3 cm³/mol. The van der Waals surface area contributed by atoms with Gasteiger partial charge in [0.1, 0.15) is 0 Å². The van der Waals surface area contributed by atoms with Crippen molar-refractivity contribution in [1.82, 2.24) is 9.97 Å². The molecule has 0 fully saturated rings. The molecule has 0 aliphatic rings. The fourth-order valence-corrected chi connectivity index (χ4v) is 0.333. The van der Waals surface area contributed by atoms with E-state index in [4.69, 9.17) is 5.11 Å². The second kappa shape index (κ2) is 1.75. The van der Waals surface area contributed by atoms with Crippen LogP contribution in [0.15, 0.2) is 6.20 Å². The van der Waals surface area contributed by atoms with Gasteiger partial charge in [0.05, 0.1) is 12.3 Å². The third-order valence-electron chi connectivity index (χ3n) is 0.665. The van der Waals surface area contributed by atoms with Gasteiger partial charge >= 0.3 is 0 Å². The second-order valence-electron chi connectivity index (χ2n) is 1.16. The highest BCUT2D eigenvalue weighted by Crippen LogP contribution is 1.85. The van der Waals surface area contributed by atoms with Crippen LogP contribution < -0.4 is 0 Å². The van der Waals surface area contributed by atoms with Crippen LogP contribution in [0.3, 0.4) is 0 Å². The Morgan fingerprint density at radius 2 is 2.86 bits per heavy atom. The van der Waals surface area contributed by atoms with Crippen molar-refractivity contribution in [3.8, 4) is 0 Å². The Labute approximate surface area is 41.0 Å². The maximum absolute atomic E-state index is 8.32. The summed E-state index contributed by atoms with van der Waals surface area (Å²) in [6.45, 7) is -0.0139. The normalized spacial score (nSPS) is 9.29. The fraction of sp³-hybridized carbons (Fsp3) is 0.250. The van der Waals surface area contributed by atoms with E-state index in [-0.39, 0.29) is 6.61 Å². The third kappa shape index (κ3) is 0.778. The van der Waals surface area contributed by atoms with Gasteiger partial charge in [0, 0.05) is 6.20 Å². The minimum atomic E-state index is -0.0139. The molecule has 0 saturated heterocycles. The van der Waals surface area contributed by atoms with Crippen LogP contribution in [0.4, 0.5) is 0 Å². The largest absolute Gasteiger partial charge is 0.390 e. The van der Waals surface area contributed by atoms with Crippen molar-refractivity contribution in [3.05, 3.63) is 18.2 Å². The molecule has 1 aromatic rings. The first-order valence-electron chi connectivity index (χ1n) is 1.94. The summed E-state index contributed by atoms with van der Waals surface area (Å²) >= 11 is 0. The van der Waals surface area contributed by atoms with E-state index in [1.165, 1.54) is 0 Å². The van der Waals surface area contributed by atoms with Crippen LogP contribution in [0.1, 0.15) is 5.69 Å². The monoisotopic (exact) mass is 97.0 g/mol. The molecule has 0 unspecified atom stereocenters. The quantitative estimate of drug-likeness (QED) is 0.505. The van der Waals surface area contributed by atoms with Gasteiger partial charge in [-0.15, -0.1) is 0 Å². The number of aromatic amines is 1. The summed E-state index contributed by atoms with van der Waals surface area (Å²) in [5.41, 5.74) is 0.625. The fourth-order valence-electron chi connectivity index (χ4n) is 0.333. The van der Waals surface area contributed by atoms with Crippen LogP contribution in [0, 0.1) is 6.33 Å². The molecule has 1 heterocycles. The molecule has 0 aromatic carbocycles. The number of hydrogen-bond donors (Lipinski definition) is 2. The molecule has 3 nitrogen and oxygen atoms in total. The lowest BCUT2D eigenvalue weighted by Crippen LogP contribution is -1.78. The SMILES string of the molecule is OCc1c[nH][c]n1. The molecule has 3 heteroatoms. The zero-order valence-electron chi connectivity index (χ0n) is 3.68. The van der Waals surface area contributed by atoms with Gasteiger partial charge < -0.3 is 10.1 Å². The number of nitrogens with one attached hydrogen (secondary N) is 1. The number of hydrogen-bond acceptors (Lipinski definition) is 2. The Bertz CT molecular complexity index is 124. The molecule has 0 bridgehead atoms. The van der Waals surface area contributed by atoms with Crippen molar-refractivity contribution in [2.75, 3.05) is 0 Å². The van der Waals surface area contributed by atoms with E-state index in [0.717, 1.165) is 0 Å². The Morgan fingerprint density at radius 1 is 2.00 bits per heavy atom. The van der Waals surface area contributed by atoms with E-state index in [9.17, 15) is 0 Å². The maximum atomic E-state index is 8.32. The molecule has 0 aliphatic carbocycles. The highest BCUT2D eigenvalue weighted by molar-refractivity contribution is 4.89. The zero-order valence-corrected chi connectivity index (χ0v) is 3.68. The standard InChI is InChI=1S/C4H5N2O/c7-2-4-1-5-3-6-4/h1,7H,2H2,(H,5,6). The summed E-state index contributed by atoms with van der Waals surface area (Å²) in [4.78, 5) is 6.19. The summed E-state index contributed by atoms with van der Waals surface area (Å²) in [5, 5.41) is 8.32. The van der Waals surface area contributed by atoms with Gasteiger partial charge in [-0.1, -0.05) is 0 Å². The smallest absolute Gasteiger partial charge is 0.173 e. The van der Waals surface area contributed by atoms with Crippen molar-refractivity contribution in [3.63, 3.8) is 0 Å². The average molecular weight is 97.1 g/mol. The number of aliphatic hydroxyl groups excluding tert-OH is 1. The van der Waals surface area contributed by atoms with Gasteiger partial charge in [0.2, 0.25) is 0 Å². The van der Waals surface area contributed by atoms with Crippen molar-refractivity contribution >= 4 is 0 Å². The molecular formula is C4H5N2O.